The zero-order valence-electron chi connectivity index (χ0n) is 9.33. The van der Waals surface area contributed by atoms with Crippen LogP contribution < -0.4 is 0 Å². The van der Waals surface area contributed by atoms with Gasteiger partial charge in [0.2, 0.25) is 0 Å². The van der Waals surface area contributed by atoms with E-state index in [4.69, 9.17) is 0 Å². The first-order valence-corrected chi connectivity index (χ1v) is 8.52. The first kappa shape index (κ1) is 9.53. The summed E-state index contributed by atoms with van der Waals surface area (Å²) in [5.74, 6) is 0. The van der Waals surface area contributed by atoms with Crippen molar-refractivity contribution in [2.24, 2.45) is 0 Å². The van der Waals surface area contributed by atoms with Gasteiger partial charge in [0.25, 0.3) is 0 Å². The van der Waals surface area contributed by atoms with Crippen LogP contribution in [-0.2, 0) is 0 Å². The summed E-state index contributed by atoms with van der Waals surface area (Å²) in [6.45, 7) is 9.29. The van der Waals surface area contributed by atoms with Crippen molar-refractivity contribution in [2.45, 2.75) is 26.6 Å². The van der Waals surface area contributed by atoms with Gasteiger partial charge in [-0.05, 0) is 30.8 Å². The molecular formula is C12H17NSi. The molecule has 0 radical (unpaired) electrons. The lowest BCUT2D eigenvalue weighted by molar-refractivity contribution is 1.20. The van der Waals surface area contributed by atoms with Crippen LogP contribution >= 0.6 is 0 Å². The highest BCUT2D eigenvalue weighted by Crippen LogP contribution is 2.22. The number of rotatable bonds is 1. The molecule has 74 valence electrons. The Kier molecular flexibility index (Phi) is 2.03. The van der Waals surface area contributed by atoms with Gasteiger partial charge in [-0.2, -0.15) is 0 Å². The Labute approximate surface area is 86.5 Å². The molecule has 0 spiro atoms. The monoisotopic (exact) mass is 203 g/mol. The molecule has 0 aliphatic heterocycles. The maximum absolute atomic E-state index is 2.47. The van der Waals surface area contributed by atoms with E-state index in [2.05, 4.69) is 61.3 Å². The Morgan fingerprint density at radius 2 is 1.79 bits per heavy atom. The Hall–Kier alpha value is -1.02. The van der Waals surface area contributed by atoms with Gasteiger partial charge < -0.3 is 4.23 Å². The minimum Gasteiger partial charge on any atom is -0.375 e. The number of hydrogen-bond donors (Lipinski definition) is 0. The topological polar surface area (TPSA) is 4.93 Å². The highest BCUT2D eigenvalue weighted by atomic mass is 28.3. The molecule has 14 heavy (non-hydrogen) atoms. The van der Waals surface area contributed by atoms with E-state index in [1.165, 1.54) is 16.5 Å². The molecule has 0 amide bonds. The summed E-state index contributed by atoms with van der Waals surface area (Å²) >= 11 is 0. The number of nitrogens with zero attached hydrogens (tertiary/aromatic N) is 1. The molecule has 1 aromatic carbocycles. The van der Waals surface area contributed by atoms with Crippen LogP contribution in [0.1, 0.15) is 5.56 Å². The minimum absolute atomic E-state index is 1.25. The van der Waals surface area contributed by atoms with Gasteiger partial charge in [-0.3, -0.25) is 0 Å². The van der Waals surface area contributed by atoms with Crippen LogP contribution in [0.4, 0.5) is 0 Å². The van der Waals surface area contributed by atoms with Crippen LogP contribution in [0.15, 0.2) is 30.5 Å². The number of fused-ring (bicyclic) bond motifs is 1. The summed E-state index contributed by atoms with van der Waals surface area (Å²) in [5.41, 5.74) is 2.77. The lowest BCUT2D eigenvalue weighted by atomic mass is 10.1. The summed E-state index contributed by atoms with van der Waals surface area (Å²) in [6.07, 6.45) is 2.24. The maximum atomic E-state index is 2.47. The van der Waals surface area contributed by atoms with E-state index in [-0.39, 0.29) is 0 Å². The Morgan fingerprint density at radius 3 is 2.43 bits per heavy atom. The molecule has 0 bridgehead atoms. The van der Waals surface area contributed by atoms with Crippen molar-refractivity contribution in [1.82, 2.24) is 4.23 Å². The van der Waals surface area contributed by atoms with E-state index in [1.807, 2.05) is 0 Å². The highest BCUT2D eigenvalue weighted by molar-refractivity contribution is 6.75. The van der Waals surface area contributed by atoms with Crippen LogP contribution in [0.25, 0.3) is 10.9 Å². The third-order valence-electron chi connectivity index (χ3n) is 2.67. The lowest BCUT2D eigenvalue weighted by Crippen LogP contribution is -2.30. The van der Waals surface area contributed by atoms with Crippen LogP contribution in [0.5, 0.6) is 0 Å². The SMILES string of the molecule is Cc1cccc2c1ccn2[Si](C)(C)C. The molecule has 1 aromatic heterocycles. The second-order valence-electron chi connectivity index (χ2n) is 4.86. The zero-order valence-corrected chi connectivity index (χ0v) is 10.3. The van der Waals surface area contributed by atoms with Gasteiger partial charge in [-0.15, -0.1) is 0 Å². The Morgan fingerprint density at radius 1 is 1.07 bits per heavy atom. The molecule has 0 aliphatic rings. The van der Waals surface area contributed by atoms with Gasteiger partial charge in [-0.25, -0.2) is 0 Å². The zero-order chi connectivity index (χ0) is 10.3. The summed E-state index contributed by atoms with van der Waals surface area (Å²) in [4.78, 5) is 0. The molecule has 2 heteroatoms. The fourth-order valence-electron chi connectivity index (χ4n) is 1.91. The van der Waals surface area contributed by atoms with Crippen LogP contribution in [0.3, 0.4) is 0 Å². The van der Waals surface area contributed by atoms with Gasteiger partial charge in [0.15, 0.2) is 8.24 Å². The smallest absolute Gasteiger partial charge is 0.152 e. The lowest BCUT2D eigenvalue weighted by Gasteiger charge is -2.20. The average Bonchev–Trinajstić information content (AvgIpc) is 2.47. The summed E-state index contributed by atoms with van der Waals surface area (Å²) in [6, 6.07) is 8.79. The average molecular weight is 203 g/mol. The minimum atomic E-state index is -1.25. The van der Waals surface area contributed by atoms with Crippen LogP contribution in [-0.4, -0.2) is 12.5 Å². The molecule has 0 atom stereocenters. The third-order valence-corrected chi connectivity index (χ3v) is 4.51. The fourth-order valence-corrected chi connectivity index (χ4v) is 3.35. The van der Waals surface area contributed by atoms with Crippen molar-refractivity contribution < 1.29 is 0 Å². The molecule has 0 unspecified atom stereocenters. The molecule has 0 saturated heterocycles. The standard InChI is InChI=1S/C12H17NSi/c1-10-6-5-7-12-11(10)8-9-13(12)14(2,3)4/h5-9H,1-4H3. The fraction of sp³-hybridized carbons (Fsp3) is 0.333. The van der Waals surface area contributed by atoms with E-state index in [1.54, 1.807) is 0 Å². The molecule has 1 heterocycles. The number of hydrogen-bond acceptors (Lipinski definition) is 0. The second-order valence-corrected chi connectivity index (χ2v) is 9.69. The number of aromatic nitrogens is 1. The van der Waals surface area contributed by atoms with Gasteiger partial charge in [-0.1, -0.05) is 31.8 Å². The molecule has 0 fully saturated rings. The van der Waals surface area contributed by atoms with Gasteiger partial charge in [0.1, 0.15) is 0 Å². The van der Waals surface area contributed by atoms with E-state index in [9.17, 15) is 0 Å². The van der Waals surface area contributed by atoms with Crippen molar-refractivity contribution in [3.63, 3.8) is 0 Å². The van der Waals surface area contributed by atoms with Gasteiger partial charge in [0, 0.05) is 10.9 Å². The second kappa shape index (κ2) is 2.99. The summed E-state index contributed by atoms with van der Waals surface area (Å²) < 4.78 is 2.47. The summed E-state index contributed by atoms with van der Waals surface area (Å²) in [5, 5.41) is 1.40. The van der Waals surface area contributed by atoms with E-state index in [0.717, 1.165) is 0 Å². The van der Waals surface area contributed by atoms with E-state index < -0.39 is 8.24 Å². The predicted octanol–water partition coefficient (Wildman–Crippen LogP) is 3.63. The van der Waals surface area contributed by atoms with Crippen LogP contribution in [0.2, 0.25) is 19.6 Å². The van der Waals surface area contributed by atoms with Crippen molar-refractivity contribution in [3.8, 4) is 0 Å². The van der Waals surface area contributed by atoms with E-state index in [0.29, 0.717) is 0 Å². The van der Waals surface area contributed by atoms with E-state index >= 15 is 0 Å². The number of aryl methyl sites for hydroxylation is 1. The molecule has 1 nitrogen and oxygen atoms in total. The van der Waals surface area contributed by atoms with Crippen molar-refractivity contribution >= 4 is 19.1 Å². The van der Waals surface area contributed by atoms with Crippen LogP contribution in [0, 0.1) is 6.92 Å². The molecule has 2 aromatic rings. The molecule has 0 N–H and O–H groups in total. The summed E-state index contributed by atoms with van der Waals surface area (Å²) in [7, 11) is -1.25. The molecule has 2 rings (SSSR count). The molecule has 0 saturated carbocycles. The van der Waals surface area contributed by atoms with Gasteiger partial charge >= 0.3 is 0 Å². The van der Waals surface area contributed by atoms with Crippen molar-refractivity contribution in [1.29, 1.82) is 0 Å². The highest BCUT2D eigenvalue weighted by Gasteiger charge is 2.17. The Bertz CT molecular complexity index is 463. The van der Waals surface area contributed by atoms with Crippen molar-refractivity contribution in [2.75, 3.05) is 0 Å². The maximum Gasteiger partial charge on any atom is 0.152 e. The first-order chi connectivity index (χ1) is 6.50. The van der Waals surface area contributed by atoms with Gasteiger partial charge in [0.05, 0.1) is 0 Å². The molecular weight excluding hydrogens is 186 g/mol. The molecule has 0 aliphatic carbocycles. The Balaban J connectivity index is 2.76. The quantitative estimate of drug-likeness (QED) is 0.624. The third kappa shape index (κ3) is 1.40. The normalized spacial score (nSPS) is 12.3. The predicted molar refractivity (Wildman–Crippen MR) is 65.4 cm³/mol. The number of benzene rings is 1. The first-order valence-electron chi connectivity index (χ1n) is 5.07. The van der Waals surface area contributed by atoms with Crippen molar-refractivity contribution in [3.05, 3.63) is 36.0 Å². The largest absolute Gasteiger partial charge is 0.375 e.